The maximum Gasteiger partial charge on any atom is 0.460 e. The van der Waals surface area contributed by atoms with Gasteiger partial charge < -0.3 is 15.2 Å². The van der Waals surface area contributed by atoms with Crippen molar-refractivity contribution in [3.05, 3.63) is 42.0 Å². The number of rotatable bonds is 14. The van der Waals surface area contributed by atoms with Crippen molar-refractivity contribution in [2.24, 2.45) is 0 Å². The number of carbonyl (C=O) groups is 2. The van der Waals surface area contributed by atoms with Crippen LogP contribution in [0, 0.1) is 0 Å². The number of alkyl halides is 15. The number of ether oxygens (including phenoxy) is 1. The van der Waals surface area contributed by atoms with Crippen LogP contribution in [0.4, 0.5) is 71.5 Å². The zero-order valence-electron chi connectivity index (χ0n) is 20.5. The lowest BCUT2D eigenvalue weighted by Crippen LogP contribution is -2.72. The van der Waals surface area contributed by atoms with Crippen molar-refractivity contribution in [3.63, 3.8) is 0 Å². The van der Waals surface area contributed by atoms with E-state index in [-0.39, 0.29) is 30.3 Å². The number of esters is 1. The van der Waals surface area contributed by atoms with Gasteiger partial charge in [0, 0.05) is 12.2 Å². The lowest BCUT2D eigenvalue weighted by atomic mass is 9.91. The predicted molar refractivity (Wildman–Crippen MR) is 112 cm³/mol. The van der Waals surface area contributed by atoms with Gasteiger partial charge in [-0.15, -0.1) is 0 Å². The van der Waals surface area contributed by atoms with Crippen LogP contribution in [0.15, 0.2) is 36.4 Å². The summed E-state index contributed by atoms with van der Waals surface area (Å²) in [5.74, 6) is -49.2. The molecule has 0 aliphatic heterocycles. The molecule has 0 heterocycles. The van der Waals surface area contributed by atoms with Gasteiger partial charge in [-0.1, -0.05) is 6.08 Å². The fraction of sp³-hybridized carbons (Fsp3) is 0.545. The second-order valence-corrected chi connectivity index (χ2v) is 8.43. The first kappa shape index (κ1) is 36.7. The Morgan fingerprint density at radius 2 is 1.24 bits per heavy atom. The summed E-state index contributed by atoms with van der Waals surface area (Å²) in [7, 11) is 0. The normalized spacial score (nSPS) is 15.0. The summed E-state index contributed by atoms with van der Waals surface area (Å²) in [4.78, 5) is 22.5. The van der Waals surface area contributed by atoms with Gasteiger partial charge in [-0.25, -0.2) is 9.59 Å². The second kappa shape index (κ2) is 12.1. The molecule has 0 bridgehead atoms. The average Bonchev–Trinajstić information content (AvgIpc) is 2.84. The molecule has 20 heteroatoms. The molecule has 0 spiro atoms. The molecule has 1 aromatic carbocycles. The molecule has 0 saturated carbocycles. The number of hydrogen-bond acceptors (Lipinski definition) is 4. The van der Waals surface area contributed by atoms with E-state index in [9.17, 15) is 75.4 Å². The van der Waals surface area contributed by atoms with Crippen molar-refractivity contribution in [2.45, 2.75) is 67.6 Å². The molecule has 0 amide bonds. The number of nitrogens with one attached hydrogen (secondary N) is 1. The van der Waals surface area contributed by atoms with E-state index in [4.69, 9.17) is 5.11 Å². The third-order valence-corrected chi connectivity index (χ3v) is 5.31. The average molecular weight is 645 g/mol. The zero-order valence-corrected chi connectivity index (χ0v) is 20.5. The minimum absolute atomic E-state index is 0.00892. The number of carboxylic acid groups (broad SMARTS) is 1. The Kier molecular flexibility index (Phi) is 10.6. The van der Waals surface area contributed by atoms with E-state index in [0.29, 0.717) is 0 Å². The lowest BCUT2D eigenvalue weighted by molar-refractivity contribution is -0.449. The molecule has 0 aliphatic rings. The van der Waals surface area contributed by atoms with E-state index in [2.05, 4.69) is 10.1 Å². The number of hydrogen-bond donors (Lipinski definition) is 2. The van der Waals surface area contributed by atoms with Gasteiger partial charge in [-0.3, -0.25) is 0 Å². The molecule has 0 radical (unpaired) electrons. The summed E-state index contributed by atoms with van der Waals surface area (Å²) < 4.78 is 202. The van der Waals surface area contributed by atoms with Gasteiger partial charge in [-0.05, 0) is 50.1 Å². The quantitative estimate of drug-likeness (QED) is 0.0953. The first-order valence-corrected chi connectivity index (χ1v) is 11.0. The molecule has 0 saturated heterocycles. The van der Waals surface area contributed by atoms with Gasteiger partial charge in [0.25, 0.3) is 0 Å². The van der Waals surface area contributed by atoms with E-state index < -0.39 is 72.3 Å². The highest BCUT2D eigenvalue weighted by atomic mass is 19.4. The third-order valence-electron chi connectivity index (χ3n) is 5.31. The Morgan fingerprint density at radius 3 is 1.69 bits per heavy atom. The van der Waals surface area contributed by atoms with E-state index in [0.717, 1.165) is 6.92 Å². The van der Waals surface area contributed by atoms with E-state index in [1.54, 1.807) is 0 Å². The maximum atomic E-state index is 13.8. The Balaban J connectivity index is 2.88. The van der Waals surface area contributed by atoms with Crippen molar-refractivity contribution in [1.29, 1.82) is 0 Å². The molecule has 0 fully saturated rings. The highest BCUT2D eigenvalue weighted by Gasteiger charge is 2.93. The minimum atomic E-state index is -8.33. The SMILES string of the molecule is CC(OC(=O)c1ccc(NCCCC=CC(F)(F)C(F)(F)C(F)(F)C(F)(F)C(F)(F)C(F)(F)C(F)(F)F)cc1)C(=O)O. The van der Waals surface area contributed by atoms with Gasteiger partial charge >= 0.3 is 53.7 Å². The summed E-state index contributed by atoms with van der Waals surface area (Å²) in [5.41, 5.74) is 0.166. The molecule has 0 aliphatic carbocycles. The summed E-state index contributed by atoms with van der Waals surface area (Å²) in [5, 5.41) is 11.3. The van der Waals surface area contributed by atoms with Gasteiger partial charge in [0.15, 0.2) is 6.10 Å². The fourth-order valence-electron chi connectivity index (χ4n) is 2.77. The molecule has 1 rings (SSSR count). The highest BCUT2D eigenvalue weighted by Crippen LogP contribution is 2.62. The molecular weight excluding hydrogens is 627 g/mol. The highest BCUT2D eigenvalue weighted by molar-refractivity contribution is 5.91. The third kappa shape index (κ3) is 6.82. The first-order chi connectivity index (χ1) is 18.7. The van der Waals surface area contributed by atoms with E-state index >= 15 is 0 Å². The molecule has 240 valence electrons. The van der Waals surface area contributed by atoms with Crippen LogP contribution in [-0.2, 0) is 9.53 Å². The number of halogens is 15. The van der Waals surface area contributed by atoms with Crippen LogP contribution >= 0.6 is 0 Å². The monoisotopic (exact) mass is 645 g/mol. The smallest absolute Gasteiger partial charge is 0.460 e. The van der Waals surface area contributed by atoms with Crippen LogP contribution in [0.25, 0.3) is 0 Å². The van der Waals surface area contributed by atoms with Gasteiger partial charge in [0.05, 0.1) is 5.56 Å². The maximum absolute atomic E-state index is 13.8. The number of carbonyl (C=O) groups excluding carboxylic acids is 1. The largest absolute Gasteiger partial charge is 0.479 e. The van der Waals surface area contributed by atoms with Crippen LogP contribution in [0.3, 0.4) is 0 Å². The molecule has 42 heavy (non-hydrogen) atoms. The number of aliphatic carboxylic acids is 1. The number of anilines is 1. The van der Waals surface area contributed by atoms with E-state index in [1.807, 2.05) is 0 Å². The van der Waals surface area contributed by atoms with Crippen molar-refractivity contribution in [1.82, 2.24) is 0 Å². The molecule has 5 nitrogen and oxygen atoms in total. The van der Waals surface area contributed by atoms with Crippen molar-refractivity contribution in [2.75, 3.05) is 11.9 Å². The van der Waals surface area contributed by atoms with Crippen molar-refractivity contribution < 1.29 is 85.3 Å². The van der Waals surface area contributed by atoms with Crippen molar-refractivity contribution in [3.8, 4) is 0 Å². The summed E-state index contributed by atoms with van der Waals surface area (Å²) in [6.45, 7) is 0.903. The predicted octanol–water partition coefficient (Wildman–Crippen LogP) is 7.44. The topological polar surface area (TPSA) is 75.6 Å². The summed E-state index contributed by atoms with van der Waals surface area (Å²) in [6.07, 6.45) is -11.2. The molecule has 0 aromatic heterocycles. The summed E-state index contributed by atoms with van der Waals surface area (Å²) in [6, 6.07) is 4.86. The fourth-order valence-corrected chi connectivity index (χ4v) is 2.77. The van der Waals surface area contributed by atoms with Crippen LogP contribution in [0.2, 0.25) is 0 Å². The van der Waals surface area contributed by atoms with Crippen LogP contribution < -0.4 is 5.32 Å². The standard InChI is InChI=1S/C22H18F15NO4/c1-11(14(39)40)42-15(41)12-5-7-13(8-6-12)38-10-4-2-3-9-16(23,24)17(25,26)18(27,28)19(29,30)20(31,32)21(33,34)22(35,36)37/h3,5-9,11,38H,2,4,10H2,1H3,(H,39,40). The lowest BCUT2D eigenvalue weighted by Gasteiger charge is -2.41. The first-order valence-electron chi connectivity index (χ1n) is 11.0. The molecule has 1 unspecified atom stereocenters. The Morgan fingerprint density at radius 1 is 0.786 bits per heavy atom. The number of carboxylic acids is 1. The number of allylic oxidation sites excluding steroid dienone is 2. The Labute approximate surface area is 225 Å². The van der Waals surface area contributed by atoms with Crippen LogP contribution in [0.5, 0.6) is 0 Å². The van der Waals surface area contributed by atoms with Crippen molar-refractivity contribution >= 4 is 17.6 Å². The van der Waals surface area contributed by atoms with Gasteiger partial charge in [0.2, 0.25) is 0 Å². The zero-order chi connectivity index (χ0) is 33.2. The van der Waals surface area contributed by atoms with E-state index in [1.165, 1.54) is 24.3 Å². The molecule has 1 aromatic rings. The number of unbranched alkanes of at least 4 members (excludes halogenated alkanes) is 1. The summed E-state index contributed by atoms with van der Waals surface area (Å²) >= 11 is 0. The Hall–Kier alpha value is -3.35. The van der Waals surface area contributed by atoms with Crippen LogP contribution in [-0.4, -0.2) is 71.4 Å². The van der Waals surface area contributed by atoms with Crippen LogP contribution in [0.1, 0.15) is 30.1 Å². The molecule has 1 atom stereocenters. The van der Waals surface area contributed by atoms with Gasteiger partial charge in [-0.2, -0.15) is 65.9 Å². The molecule has 2 N–H and O–H groups in total. The minimum Gasteiger partial charge on any atom is -0.479 e. The van der Waals surface area contributed by atoms with Gasteiger partial charge in [0.1, 0.15) is 0 Å². The Bertz CT molecular complexity index is 1130. The second-order valence-electron chi connectivity index (χ2n) is 8.43. The molecular formula is C22H18F15NO4. The number of benzene rings is 1.